The number of alkyl halides is 3. The molecule has 6 nitrogen and oxygen atoms in total. The number of pyridine rings is 1. The summed E-state index contributed by atoms with van der Waals surface area (Å²) in [6.07, 6.45) is -1.89. The Bertz CT molecular complexity index is 1150. The Hall–Kier alpha value is -3.07. The van der Waals surface area contributed by atoms with Crippen molar-refractivity contribution in [1.29, 1.82) is 0 Å². The summed E-state index contributed by atoms with van der Waals surface area (Å²) in [6.45, 7) is 4.57. The highest BCUT2D eigenvalue weighted by molar-refractivity contribution is 6.31. The van der Waals surface area contributed by atoms with E-state index in [1.165, 1.54) is 6.07 Å². The van der Waals surface area contributed by atoms with E-state index in [1.807, 2.05) is 19.9 Å². The number of carbonyl (C=O) groups is 1. The second-order valence-corrected chi connectivity index (χ2v) is 8.57. The van der Waals surface area contributed by atoms with Crippen molar-refractivity contribution in [2.45, 2.75) is 51.7 Å². The van der Waals surface area contributed by atoms with E-state index in [2.05, 4.69) is 10.1 Å². The number of aromatic nitrogens is 3. The Morgan fingerprint density at radius 1 is 1.21 bits per heavy atom. The molecule has 0 spiro atoms. The van der Waals surface area contributed by atoms with Crippen LogP contribution in [0.3, 0.4) is 0 Å². The van der Waals surface area contributed by atoms with Crippen LogP contribution < -0.4 is 4.74 Å². The lowest BCUT2D eigenvalue weighted by Gasteiger charge is -2.12. The van der Waals surface area contributed by atoms with Crippen LogP contribution in [0.1, 0.15) is 54.3 Å². The normalized spacial score (nSPS) is 11.7. The molecular formula is C24H25ClF3N3O3. The van der Waals surface area contributed by atoms with Gasteiger partial charge < -0.3 is 9.84 Å². The SMILES string of the molecule is CC(C)c1cc(CCCOc2ncccc2CC(=O)O)n(Cc2ccc(C(F)(F)F)cc2Cl)n1. The van der Waals surface area contributed by atoms with Gasteiger partial charge in [0, 0.05) is 22.5 Å². The van der Waals surface area contributed by atoms with E-state index in [-0.39, 0.29) is 29.8 Å². The predicted molar refractivity (Wildman–Crippen MR) is 121 cm³/mol. The van der Waals surface area contributed by atoms with E-state index in [0.717, 1.165) is 23.5 Å². The molecule has 0 bridgehead atoms. The summed E-state index contributed by atoms with van der Waals surface area (Å²) in [7, 11) is 0. The maximum absolute atomic E-state index is 12.9. The maximum Gasteiger partial charge on any atom is 0.416 e. The molecule has 1 aromatic carbocycles. The highest BCUT2D eigenvalue weighted by Crippen LogP contribution is 2.32. The van der Waals surface area contributed by atoms with Crippen molar-refractivity contribution in [3.63, 3.8) is 0 Å². The molecule has 182 valence electrons. The summed E-state index contributed by atoms with van der Waals surface area (Å²) >= 11 is 6.14. The van der Waals surface area contributed by atoms with Crippen molar-refractivity contribution < 1.29 is 27.8 Å². The molecular weight excluding hydrogens is 471 g/mol. The van der Waals surface area contributed by atoms with Gasteiger partial charge in [-0.15, -0.1) is 0 Å². The van der Waals surface area contributed by atoms with Gasteiger partial charge in [-0.1, -0.05) is 37.6 Å². The van der Waals surface area contributed by atoms with Gasteiger partial charge in [0.25, 0.3) is 0 Å². The summed E-state index contributed by atoms with van der Waals surface area (Å²) in [5, 5.41) is 13.7. The molecule has 2 heterocycles. The number of benzene rings is 1. The third-order valence-electron chi connectivity index (χ3n) is 5.18. The quantitative estimate of drug-likeness (QED) is 0.362. The highest BCUT2D eigenvalue weighted by atomic mass is 35.5. The van der Waals surface area contributed by atoms with Gasteiger partial charge in [0.2, 0.25) is 5.88 Å². The number of carboxylic acids is 1. The highest BCUT2D eigenvalue weighted by Gasteiger charge is 2.31. The zero-order valence-corrected chi connectivity index (χ0v) is 19.5. The minimum Gasteiger partial charge on any atom is -0.481 e. The number of halogens is 4. The lowest BCUT2D eigenvalue weighted by atomic mass is 10.1. The van der Waals surface area contributed by atoms with Crippen LogP contribution in [0, 0.1) is 0 Å². The van der Waals surface area contributed by atoms with Crippen molar-refractivity contribution in [3.05, 3.63) is 75.7 Å². The monoisotopic (exact) mass is 495 g/mol. The molecule has 0 fully saturated rings. The summed E-state index contributed by atoms with van der Waals surface area (Å²) in [5.74, 6) is -0.505. The fourth-order valence-corrected chi connectivity index (χ4v) is 3.63. The van der Waals surface area contributed by atoms with Crippen molar-refractivity contribution in [2.75, 3.05) is 6.61 Å². The van der Waals surface area contributed by atoms with Gasteiger partial charge >= 0.3 is 12.1 Å². The largest absolute Gasteiger partial charge is 0.481 e. The van der Waals surface area contributed by atoms with Crippen molar-refractivity contribution in [3.8, 4) is 5.88 Å². The maximum atomic E-state index is 12.9. The average molecular weight is 496 g/mol. The first-order chi connectivity index (χ1) is 16.0. The first kappa shape index (κ1) is 25.6. The topological polar surface area (TPSA) is 77.2 Å². The molecule has 0 atom stereocenters. The summed E-state index contributed by atoms with van der Waals surface area (Å²) < 4.78 is 46.3. The Labute approximate surface area is 200 Å². The van der Waals surface area contributed by atoms with Gasteiger partial charge in [0.15, 0.2) is 0 Å². The molecule has 0 aliphatic carbocycles. The zero-order valence-electron chi connectivity index (χ0n) is 18.8. The van der Waals surface area contributed by atoms with Crippen LogP contribution >= 0.6 is 11.6 Å². The lowest BCUT2D eigenvalue weighted by Crippen LogP contribution is -2.11. The van der Waals surface area contributed by atoms with Gasteiger partial charge in [-0.05, 0) is 48.6 Å². The average Bonchev–Trinajstić information content (AvgIpc) is 3.15. The number of aryl methyl sites for hydroxylation is 1. The van der Waals surface area contributed by atoms with Gasteiger partial charge in [-0.3, -0.25) is 9.48 Å². The van der Waals surface area contributed by atoms with Crippen LogP contribution in [0.25, 0.3) is 0 Å². The van der Waals surface area contributed by atoms with E-state index in [9.17, 15) is 18.0 Å². The van der Waals surface area contributed by atoms with E-state index >= 15 is 0 Å². The third-order valence-corrected chi connectivity index (χ3v) is 5.53. The number of ether oxygens (including phenoxy) is 1. The fraction of sp³-hybridized carbons (Fsp3) is 0.375. The first-order valence-electron chi connectivity index (χ1n) is 10.8. The molecule has 3 rings (SSSR count). The number of nitrogens with zero attached hydrogens (tertiary/aromatic N) is 3. The Morgan fingerprint density at radius 3 is 2.62 bits per heavy atom. The Balaban J connectivity index is 1.70. The van der Waals surface area contributed by atoms with Crippen molar-refractivity contribution in [1.82, 2.24) is 14.8 Å². The van der Waals surface area contributed by atoms with Crippen molar-refractivity contribution in [2.24, 2.45) is 0 Å². The van der Waals surface area contributed by atoms with E-state index < -0.39 is 17.7 Å². The Kier molecular flexibility index (Phi) is 8.19. The number of hydrogen-bond acceptors (Lipinski definition) is 4. The molecule has 2 aromatic heterocycles. The molecule has 0 unspecified atom stereocenters. The zero-order chi connectivity index (χ0) is 24.9. The second-order valence-electron chi connectivity index (χ2n) is 8.17. The molecule has 0 amide bonds. The summed E-state index contributed by atoms with van der Waals surface area (Å²) in [6, 6.07) is 8.61. The van der Waals surface area contributed by atoms with E-state index in [4.69, 9.17) is 21.4 Å². The second kappa shape index (κ2) is 10.9. The van der Waals surface area contributed by atoms with Crippen LogP contribution in [-0.4, -0.2) is 32.4 Å². The number of carboxylic acid groups (broad SMARTS) is 1. The minimum atomic E-state index is -4.46. The van der Waals surface area contributed by atoms with Gasteiger partial charge in [-0.2, -0.15) is 18.3 Å². The lowest BCUT2D eigenvalue weighted by molar-refractivity contribution is -0.138. The van der Waals surface area contributed by atoms with Crippen LogP contribution in [0.15, 0.2) is 42.6 Å². The molecule has 0 saturated carbocycles. The molecule has 10 heteroatoms. The first-order valence-corrected chi connectivity index (χ1v) is 11.1. The van der Waals surface area contributed by atoms with E-state index in [1.54, 1.807) is 23.0 Å². The number of rotatable bonds is 10. The molecule has 0 saturated heterocycles. The van der Waals surface area contributed by atoms with Crippen LogP contribution in [0.2, 0.25) is 5.02 Å². The third kappa shape index (κ3) is 6.72. The fourth-order valence-electron chi connectivity index (χ4n) is 3.38. The van der Waals surface area contributed by atoms with E-state index in [0.29, 0.717) is 30.6 Å². The molecule has 0 radical (unpaired) electrons. The number of hydrogen-bond donors (Lipinski definition) is 1. The van der Waals surface area contributed by atoms with Crippen LogP contribution in [0.5, 0.6) is 5.88 Å². The van der Waals surface area contributed by atoms with Crippen molar-refractivity contribution >= 4 is 17.6 Å². The van der Waals surface area contributed by atoms with Gasteiger partial charge in [0.1, 0.15) is 0 Å². The predicted octanol–water partition coefficient (Wildman–Crippen LogP) is 5.76. The molecule has 0 aliphatic rings. The smallest absolute Gasteiger partial charge is 0.416 e. The molecule has 0 aliphatic heterocycles. The molecule has 3 aromatic rings. The summed E-state index contributed by atoms with van der Waals surface area (Å²) in [4.78, 5) is 15.1. The molecule has 1 N–H and O–H groups in total. The molecule has 34 heavy (non-hydrogen) atoms. The summed E-state index contributed by atoms with van der Waals surface area (Å²) in [5.41, 5.74) is 2.01. The van der Waals surface area contributed by atoms with Crippen LogP contribution in [0.4, 0.5) is 13.2 Å². The minimum absolute atomic E-state index is 0.0341. The standard InChI is InChI=1S/C24H25ClF3N3O3/c1-15(2)21-13-19(6-4-10-34-23-16(11-22(32)33)5-3-9-29-23)31(30-21)14-17-7-8-18(12-20(17)25)24(26,27)28/h3,5,7-9,12-13,15H,4,6,10-11,14H2,1-2H3,(H,32,33). The Morgan fingerprint density at radius 2 is 1.97 bits per heavy atom. The number of aliphatic carboxylic acids is 1. The van der Waals surface area contributed by atoms with Crippen LogP contribution in [-0.2, 0) is 30.4 Å². The van der Waals surface area contributed by atoms with Gasteiger partial charge in [0.05, 0.1) is 30.8 Å². The van der Waals surface area contributed by atoms with Gasteiger partial charge in [-0.25, -0.2) is 4.98 Å².